The summed E-state index contributed by atoms with van der Waals surface area (Å²) in [7, 11) is 0. The molecule has 0 aliphatic heterocycles. The molecule has 0 aliphatic carbocycles. The first-order valence-corrected chi connectivity index (χ1v) is 7.37. The molecule has 0 heterocycles. The smallest absolute Gasteiger partial charge is 0.387 e. The number of carbonyl (C=O) groups is 1. The molecule has 1 atom stereocenters. The lowest BCUT2D eigenvalue weighted by Crippen LogP contribution is -2.26. The Kier molecular flexibility index (Phi) is 5.49. The van der Waals surface area contributed by atoms with Crippen LogP contribution in [0, 0.1) is 0 Å². The Morgan fingerprint density at radius 3 is 2.36 bits per heavy atom. The fraction of sp³-hybridized carbons (Fsp3) is 0.188. The second-order valence-corrected chi connectivity index (χ2v) is 5.48. The fourth-order valence-electron chi connectivity index (χ4n) is 1.94. The summed E-state index contributed by atoms with van der Waals surface area (Å²) in [4.78, 5) is 12.2. The molecule has 22 heavy (non-hydrogen) atoms. The quantitative estimate of drug-likeness (QED) is 0.839. The van der Waals surface area contributed by atoms with Crippen molar-refractivity contribution in [3.63, 3.8) is 0 Å². The molecular weight excluding hydrogens is 356 g/mol. The average Bonchev–Trinajstić information content (AvgIpc) is 2.47. The first-order valence-electron chi connectivity index (χ1n) is 6.57. The molecular formula is C16H14BrF2NO2. The summed E-state index contributed by atoms with van der Waals surface area (Å²) < 4.78 is 29.2. The number of alkyl halides is 2. The van der Waals surface area contributed by atoms with Crippen molar-refractivity contribution in [1.29, 1.82) is 0 Å². The van der Waals surface area contributed by atoms with E-state index >= 15 is 0 Å². The topological polar surface area (TPSA) is 38.3 Å². The normalized spacial score (nSPS) is 12.0. The minimum Gasteiger partial charge on any atom is -0.435 e. The maximum Gasteiger partial charge on any atom is 0.387 e. The number of benzene rings is 2. The lowest BCUT2D eigenvalue weighted by molar-refractivity contribution is -0.0498. The van der Waals surface area contributed by atoms with Crippen molar-refractivity contribution >= 4 is 21.8 Å². The van der Waals surface area contributed by atoms with E-state index in [2.05, 4.69) is 26.0 Å². The number of halogens is 3. The third-order valence-electron chi connectivity index (χ3n) is 3.07. The first kappa shape index (κ1) is 16.4. The molecule has 0 aliphatic rings. The standard InChI is InChI=1S/C16H14BrF2NO2/c1-10(11-6-8-12(9-7-11)22-16(18)19)20-15(21)13-4-2-3-5-14(13)17/h2-10,16H,1H3,(H,20,21). The molecule has 0 radical (unpaired) electrons. The number of carbonyl (C=O) groups excluding carboxylic acids is 1. The van der Waals surface area contributed by atoms with Crippen molar-refractivity contribution in [3.8, 4) is 5.75 Å². The Morgan fingerprint density at radius 2 is 1.77 bits per heavy atom. The number of hydrogen-bond acceptors (Lipinski definition) is 2. The number of nitrogens with one attached hydrogen (secondary N) is 1. The van der Waals surface area contributed by atoms with Gasteiger partial charge in [-0.05, 0) is 52.7 Å². The Hall–Kier alpha value is -1.95. The summed E-state index contributed by atoms with van der Waals surface area (Å²) in [6.07, 6.45) is 0. The molecule has 2 aromatic carbocycles. The highest BCUT2D eigenvalue weighted by Crippen LogP contribution is 2.21. The first-order chi connectivity index (χ1) is 10.5. The van der Waals surface area contributed by atoms with Crippen LogP contribution in [0.2, 0.25) is 0 Å². The Bertz CT molecular complexity index is 647. The van der Waals surface area contributed by atoms with E-state index in [9.17, 15) is 13.6 Å². The van der Waals surface area contributed by atoms with Crippen LogP contribution in [0.1, 0.15) is 28.9 Å². The number of hydrogen-bond donors (Lipinski definition) is 1. The third kappa shape index (κ3) is 4.27. The van der Waals surface area contributed by atoms with E-state index < -0.39 is 6.61 Å². The van der Waals surface area contributed by atoms with Crippen LogP contribution >= 0.6 is 15.9 Å². The van der Waals surface area contributed by atoms with Gasteiger partial charge in [0.2, 0.25) is 0 Å². The Labute approximate surface area is 135 Å². The number of ether oxygens (including phenoxy) is 1. The van der Waals surface area contributed by atoms with Gasteiger partial charge in [-0.1, -0.05) is 24.3 Å². The van der Waals surface area contributed by atoms with E-state index in [0.29, 0.717) is 10.0 Å². The molecule has 1 amide bonds. The van der Waals surface area contributed by atoms with Crippen molar-refractivity contribution in [2.75, 3.05) is 0 Å². The van der Waals surface area contributed by atoms with E-state index in [1.807, 2.05) is 13.0 Å². The van der Waals surface area contributed by atoms with E-state index in [1.165, 1.54) is 12.1 Å². The van der Waals surface area contributed by atoms with Crippen LogP contribution in [-0.4, -0.2) is 12.5 Å². The van der Waals surface area contributed by atoms with Gasteiger partial charge >= 0.3 is 6.61 Å². The second-order valence-electron chi connectivity index (χ2n) is 4.62. The van der Waals surface area contributed by atoms with Gasteiger partial charge in [0.1, 0.15) is 5.75 Å². The predicted molar refractivity (Wildman–Crippen MR) is 83.1 cm³/mol. The predicted octanol–water partition coefficient (Wildman–Crippen LogP) is 4.54. The number of rotatable bonds is 5. The lowest BCUT2D eigenvalue weighted by atomic mass is 10.1. The van der Waals surface area contributed by atoms with Crippen molar-refractivity contribution in [2.24, 2.45) is 0 Å². The van der Waals surface area contributed by atoms with Gasteiger partial charge in [-0.15, -0.1) is 0 Å². The van der Waals surface area contributed by atoms with Gasteiger partial charge in [0.25, 0.3) is 5.91 Å². The minimum absolute atomic E-state index is 0.0862. The summed E-state index contributed by atoms with van der Waals surface area (Å²) in [5, 5.41) is 2.86. The molecule has 0 spiro atoms. The van der Waals surface area contributed by atoms with Crippen LogP contribution in [0.3, 0.4) is 0 Å². The second kappa shape index (κ2) is 7.35. The van der Waals surface area contributed by atoms with Crippen LogP contribution in [0.15, 0.2) is 53.0 Å². The summed E-state index contributed by atoms with van der Waals surface area (Å²) in [5.41, 5.74) is 1.33. The molecule has 6 heteroatoms. The highest BCUT2D eigenvalue weighted by molar-refractivity contribution is 9.10. The molecule has 2 aromatic rings. The molecule has 1 unspecified atom stereocenters. The van der Waals surface area contributed by atoms with Gasteiger partial charge in [0, 0.05) is 4.47 Å². The van der Waals surface area contributed by atoms with Crippen molar-refractivity contribution in [2.45, 2.75) is 19.6 Å². The maximum absolute atomic E-state index is 12.2. The monoisotopic (exact) mass is 369 g/mol. The lowest BCUT2D eigenvalue weighted by Gasteiger charge is -2.15. The third-order valence-corrected chi connectivity index (χ3v) is 3.76. The highest BCUT2D eigenvalue weighted by Gasteiger charge is 2.14. The van der Waals surface area contributed by atoms with Crippen LogP contribution in [0.5, 0.6) is 5.75 Å². The summed E-state index contributed by atoms with van der Waals surface area (Å²) >= 11 is 3.33. The zero-order valence-corrected chi connectivity index (χ0v) is 13.3. The molecule has 0 saturated heterocycles. The minimum atomic E-state index is -2.85. The molecule has 116 valence electrons. The highest BCUT2D eigenvalue weighted by atomic mass is 79.9. The van der Waals surface area contributed by atoms with Gasteiger partial charge in [-0.2, -0.15) is 8.78 Å². The molecule has 0 fully saturated rings. The molecule has 3 nitrogen and oxygen atoms in total. The summed E-state index contributed by atoms with van der Waals surface area (Å²) in [6, 6.07) is 13.0. The van der Waals surface area contributed by atoms with Crippen molar-refractivity contribution in [3.05, 3.63) is 64.1 Å². The van der Waals surface area contributed by atoms with E-state index in [1.54, 1.807) is 30.3 Å². The average molecular weight is 370 g/mol. The Balaban J connectivity index is 2.04. The Morgan fingerprint density at radius 1 is 1.14 bits per heavy atom. The van der Waals surface area contributed by atoms with Crippen molar-refractivity contribution < 1.29 is 18.3 Å². The molecule has 2 rings (SSSR count). The fourth-order valence-corrected chi connectivity index (χ4v) is 2.41. The van der Waals surface area contributed by atoms with E-state index in [4.69, 9.17) is 0 Å². The summed E-state index contributed by atoms with van der Waals surface area (Å²) in [6.45, 7) is -1.03. The van der Waals surface area contributed by atoms with E-state index in [-0.39, 0.29) is 17.7 Å². The van der Waals surface area contributed by atoms with Crippen LogP contribution in [-0.2, 0) is 0 Å². The van der Waals surface area contributed by atoms with Crippen LogP contribution in [0.4, 0.5) is 8.78 Å². The number of amides is 1. The van der Waals surface area contributed by atoms with Gasteiger partial charge in [-0.25, -0.2) is 0 Å². The van der Waals surface area contributed by atoms with Crippen LogP contribution < -0.4 is 10.1 Å². The zero-order chi connectivity index (χ0) is 16.1. The summed E-state index contributed by atoms with van der Waals surface area (Å²) in [5.74, 6) is -0.129. The maximum atomic E-state index is 12.2. The van der Waals surface area contributed by atoms with Gasteiger partial charge < -0.3 is 10.1 Å². The largest absolute Gasteiger partial charge is 0.435 e. The molecule has 0 saturated carbocycles. The SMILES string of the molecule is CC(NC(=O)c1ccccc1Br)c1ccc(OC(F)F)cc1. The molecule has 0 aromatic heterocycles. The van der Waals surface area contributed by atoms with Crippen LogP contribution in [0.25, 0.3) is 0 Å². The van der Waals surface area contributed by atoms with E-state index in [0.717, 1.165) is 5.56 Å². The zero-order valence-electron chi connectivity index (χ0n) is 11.7. The molecule has 0 bridgehead atoms. The van der Waals surface area contributed by atoms with Gasteiger partial charge in [0.05, 0.1) is 11.6 Å². The van der Waals surface area contributed by atoms with Gasteiger partial charge in [-0.3, -0.25) is 4.79 Å². The molecule has 1 N–H and O–H groups in total. The van der Waals surface area contributed by atoms with Gasteiger partial charge in [0.15, 0.2) is 0 Å². The van der Waals surface area contributed by atoms with Crippen molar-refractivity contribution in [1.82, 2.24) is 5.32 Å².